The number of benzene rings is 2. The molecule has 0 aliphatic carbocycles. The monoisotopic (exact) mass is 717 g/mol. The van der Waals surface area contributed by atoms with Crippen molar-refractivity contribution >= 4 is 46.9 Å². The predicted molar refractivity (Wildman–Crippen MR) is 197 cm³/mol. The molecule has 12 nitrogen and oxygen atoms in total. The topological polar surface area (TPSA) is 162 Å². The molecule has 1 fully saturated rings. The Bertz CT molecular complexity index is 1630. The zero-order chi connectivity index (χ0) is 36.8. The van der Waals surface area contributed by atoms with Crippen molar-refractivity contribution in [1.82, 2.24) is 31.2 Å². The van der Waals surface area contributed by atoms with Crippen LogP contribution in [0.4, 0.5) is 10.5 Å². The van der Waals surface area contributed by atoms with Crippen molar-refractivity contribution in [1.29, 1.82) is 0 Å². The number of aryl methyl sites for hydroxylation is 1. The first-order valence-electron chi connectivity index (χ1n) is 17.3. The van der Waals surface area contributed by atoms with Crippen molar-refractivity contribution in [2.45, 2.75) is 71.5 Å². The lowest BCUT2D eigenvalue weighted by Crippen LogP contribution is -2.57. The van der Waals surface area contributed by atoms with Crippen LogP contribution in [0.15, 0.2) is 79.1 Å². The van der Waals surface area contributed by atoms with E-state index < -0.39 is 35.8 Å². The number of nitrogens with zero attached hydrogens (tertiary/aromatic N) is 2. The van der Waals surface area contributed by atoms with Gasteiger partial charge in [0.2, 0.25) is 23.6 Å². The Labute approximate surface area is 304 Å². The van der Waals surface area contributed by atoms with E-state index in [-0.39, 0.29) is 49.7 Å². The molecule has 3 aromatic rings. The van der Waals surface area contributed by atoms with Crippen LogP contribution in [0, 0.1) is 11.3 Å². The number of pyridine rings is 1. The van der Waals surface area contributed by atoms with Gasteiger partial charge in [-0.1, -0.05) is 80.9 Å². The maximum Gasteiger partial charge on any atom is 0.318 e. The molecule has 0 saturated carbocycles. The SMILES string of the molecule is CC(C)(C)CNC(=O)C[C@H](NC(=O)N1CCC(C(=O)Nc2cccnc2)CC1)C(=O)N[C@@H](CCc1ccccc1)C(=O)NCc1ccccc1Cl. The molecule has 4 rings (SSSR count). The third-order valence-electron chi connectivity index (χ3n) is 8.51. The van der Waals surface area contributed by atoms with E-state index in [9.17, 15) is 24.0 Å². The standard InChI is InChI=1S/C38H48ClN7O5/c1-38(2,3)25-42-33(47)22-32(45-37(51)46-20-17-27(18-21-46)34(48)43-29-13-9-19-40-24-29)36(50)44-31(16-15-26-10-5-4-6-11-26)35(49)41-23-28-12-7-8-14-30(28)39/h4-14,19,24,27,31-32H,15-18,20-23,25H2,1-3H3,(H,41,49)(H,42,47)(H,43,48)(H,44,50)(H,45,51)/t31-,32-/m0/s1. The van der Waals surface area contributed by atoms with Gasteiger partial charge in [0.15, 0.2) is 0 Å². The molecule has 2 heterocycles. The molecule has 272 valence electrons. The Kier molecular flexibility index (Phi) is 14.4. The minimum absolute atomic E-state index is 0.148. The highest BCUT2D eigenvalue weighted by Gasteiger charge is 2.32. The second-order valence-electron chi connectivity index (χ2n) is 13.9. The summed E-state index contributed by atoms with van der Waals surface area (Å²) in [5.74, 6) is -1.95. The Morgan fingerprint density at radius 3 is 2.24 bits per heavy atom. The molecular weight excluding hydrogens is 670 g/mol. The number of rotatable bonds is 14. The molecule has 1 aliphatic rings. The first-order chi connectivity index (χ1) is 24.4. The van der Waals surface area contributed by atoms with Gasteiger partial charge in [0.25, 0.3) is 0 Å². The van der Waals surface area contributed by atoms with Gasteiger partial charge in [0.05, 0.1) is 18.3 Å². The van der Waals surface area contributed by atoms with E-state index in [4.69, 9.17) is 11.6 Å². The summed E-state index contributed by atoms with van der Waals surface area (Å²) in [6, 6.07) is 17.5. The van der Waals surface area contributed by atoms with E-state index in [0.717, 1.165) is 11.1 Å². The number of aromatic nitrogens is 1. The van der Waals surface area contributed by atoms with E-state index >= 15 is 0 Å². The molecule has 1 saturated heterocycles. The maximum absolute atomic E-state index is 13.9. The fourth-order valence-corrected chi connectivity index (χ4v) is 5.74. The fraction of sp³-hybridized carbons (Fsp3) is 0.421. The molecule has 2 atom stereocenters. The van der Waals surface area contributed by atoms with E-state index in [1.165, 1.54) is 4.90 Å². The van der Waals surface area contributed by atoms with Crippen LogP contribution < -0.4 is 26.6 Å². The Morgan fingerprint density at radius 1 is 0.863 bits per heavy atom. The number of hydrogen-bond donors (Lipinski definition) is 5. The third-order valence-corrected chi connectivity index (χ3v) is 8.88. The highest BCUT2D eigenvalue weighted by molar-refractivity contribution is 6.31. The number of piperidine rings is 1. The van der Waals surface area contributed by atoms with Crippen molar-refractivity contribution in [3.63, 3.8) is 0 Å². The van der Waals surface area contributed by atoms with Crippen molar-refractivity contribution in [2.75, 3.05) is 25.0 Å². The second kappa shape index (κ2) is 18.9. The number of carbonyl (C=O) groups is 5. The fourth-order valence-electron chi connectivity index (χ4n) is 5.54. The molecular formula is C38H48ClN7O5. The third kappa shape index (κ3) is 13.0. The molecule has 51 heavy (non-hydrogen) atoms. The number of urea groups is 1. The summed E-state index contributed by atoms with van der Waals surface area (Å²) >= 11 is 6.30. The van der Waals surface area contributed by atoms with E-state index in [0.29, 0.717) is 36.5 Å². The van der Waals surface area contributed by atoms with Gasteiger partial charge in [-0.05, 0) is 60.4 Å². The van der Waals surface area contributed by atoms with Gasteiger partial charge in [0, 0.05) is 43.3 Å². The lowest BCUT2D eigenvalue weighted by Gasteiger charge is -2.32. The summed E-state index contributed by atoms with van der Waals surface area (Å²) in [6.07, 6.45) is 4.48. The van der Waals surface area contributed by atoms with Crippen LogP contribution in [-0.2, 0) is 32.1 Å². The molecule has 0 bridgehead atoms. The van der Waals surface area contributed by atoms with Gasteiger partial charge >= 0.3 is 6.03 Å². The molecule has 0 unspecified atom stereocenters. The van der Waals surface area contributed by atoms with Crippen LogP contribution in [-0.4, -0.2) is 71.3 Å². The average Bonchev–Trinajstić information content (AvgIpc) is 3.12. The highest BCUT2D eigenvalue weighted by Crippen LogP contribution is 2.20. The average molecular weight is 718 g/mol. The quantitative estimate of drug-likeness (QED) is 0.166. The number of halogens is 1. The van der Waals surface area contributed by atoms with Crippen molar-refractivity contribution in [3.8, 4) is 0 Å². The molecule has 6 amide bonds. The smallest absolute Gasteiger partial charge is 0.318 e. The number of carbonyl (C=O) groups excluding carboxylic acids is 5. The summed E-state index contributed by atoms with van der Waals surface area (Å²) in [7, 11) is 0. The summed E-state index contributed by atoms with van der Waals surface area (Å²) in [5.41, 5.74) is 2.10. The van der Waals surface area contributed by atoms with Gasteiger partial charge in [-0.25, -0.2) is 4.79 Å². The lowest BCUT2D eigenvalue weighted by atomic mass is 9.96. The molecule has 2 aromatic carbocycles. The summed E-state index contributed by atoms with van der Waals surface area (Å²) in [4.78, 5) is 72.3. The molecule has 0 spiro atoms. The largest absolute Gasteiger partial charge is 0.355 e. The van der Waals surface area contributed by atoms with Gasteiger partial charge in [0.1, 0.15) is 12.1 Å². The van der Waals surface area contributed by atoms with Crippen LogP contribution >= 0.6 is 11.6 Å². The molecule has 1 aromatic heterocycles. The van der Waals surface area contributed by atoms with Crippen LogP contribution in [0.25, 0.3) is 0 Å². The lowest BCUT2D eigenvalue weighted by molar-refractivity contribution is -0.131. The highest BCUT2D eigenvalue weighted by atomic mass is 35.5. The predicted octanol–water partition coefficient (Wildman–Crippen LogP) is 4.45. The summed E-state index contributed by atoms with van der Waals surface area (Å²) in [6.45, 7) is 7.00. The van der Waals surface area contributed by atoms with Crippen LogP contribution in [0.3, 0.4) is 0 Å². The van der Waals surface area contributed by atoms with E-state index in [1.54, 1.807) is 42.7 Å². The number of likely N-dealkylation sites (tertiary alicyclic amines) is 1. The zero-order valence-electron chi connectivity index (χ0n) is 29.4. The summed E-state index contributed by atoms with van der Waals surface area (Å²) < 4.78 is 0. The molecule has 1 aliphatic heterocycles. The van der Waals surface area contributed by atoms with Crippen molar-refractivity contribution in [3.05, 3.63) is 95.3 Å². The van der Waals surface area contributed by atoms with Crippen molar-refractivity contribution in [2.24, 2.45) is 11.3 Å². The van der Waals surface area contributed by atoms with Gasteiger partial charge in [-0.15, -0.1) is 0 Å². The van der Waals surface area contributed by atoms with Gasteiger partial charge in [-0.2, -0.15) is 0 Å². The van der Waals surface area contributed by atoms with Crippen LogP contribution in [0.5, 0.6) is 0 Å². The first-order valence-corrected chi connectivity index (χ1v) is 17.6. The normalized spacial score (nSPS) is 14.5. The molecule has 5 N–H and O–H groups in total. The van der Waals surface area contributed by atoms with Crippen LogP contribution in [0.2, 0.25) is 5.02 Å². The molecule has 0 radical (unpaired) electrons. The first kappa shape index (κ1) is 38.8. The minimum atomic E-state index is -1.26. The van der Waals surface area contributed by atoms with Crippen LogP contribution in [0.1, 0.15) is 57.6 Å². The zero-order valence-corrected chi connectivity index (χ0v) is 30.2. The van der Waals surface area contributed by atoms with E-state index in [1.807, 2.05) is 57.2 Å². The van der Waals surface area contributed by atoms with Crippen molar-refractivity contribution < 1.29 is 24.0 Å². The molecule has 13 heteroatoms. The van der Waals surface area contributed by atoms with E-state index in [2.05, 4.69) is 31.6 Å². The Hall–Kier alpha value is -4.97. The van der Waals surface area contributed by atoms with Gasteiger partial charge in [-0.3, -0.25) is 24.2 Å². The second-order valence-corrected chi connectivity index (χ2v) is 14.3. The van der Waals surface area contributed by atoms with Gasteiger partial charge < -0.3 is 31.5 Å². The number of nitrogens with one attached hydrogen (secondary N) is 5. The number of anilines is 1. The number of hydrogen-bond acceptors (Lipinski definition) is 6. The number of amides is 6. The maximum atomic E-state index is 13.9. The Balaban J connectivity index is 1.43. The Morgan fingerprint density at radius 2 is 1.57 bits per heavy atom. The summed E-state index contributed by atoms with van der Waals surface area (Å²) in [5, 5.41) is 14.6. The minimum Gasteiger partial charge on any atom is -0.355 e.